The molecule has 4 nitrogen and oxygen atoms in total. The van der Waals surface area contributed by atoms with Crippen LogP contribution in [-0.4, -0.2) is 25.1 Å². The van der Waals surface area contributed by atoms with Gasteiger partial charge in [0.2, 0.25) is 0 Å². The topological polar surface area (TPSA) is 68.3 Å². The largest absolute Gasteiger partial charge is 0.298 e. The summed E-state index contributed by atoms with van der Waals surface area (Å²) in [7, 11) is 0. The molecule has 0 amide bonds. The summed E-state index contributed by atoms with van der Waals surface area (Å²) in [6, 6.07) is 10.4. The van der Waals surface area contributed by atoms with Gasteiger partial charge in [-0.15, -0.1) is 0 Å². The molecule has 0 N–H and O–H groups in total. The van der Waals surface area contributed by atoms with Crippen molar-refractivity contribution in [2.24, 2.45) is 0 Å². The minimum absolute atomic E-state index is 0.298. The molecule has 0 spiro atoms. The van der Waals surface area contributed by atoms with Crippen LogP contribution >= 0.6 is 0 Å². The van der Waals surface area contributed by atoms with E-state index >= 15 is 0 Å². The van der Waals surface area contributed by atoms with Crippen LogP contribution in [0, 0.1) is 0 Å². The standard InChI is InChI=1S/C20H10O4/c21-7-15-11-3-1-4-12-16(8-22)18(10-24)14-6-2-5-13(17(15)9-23)20(14)19(11)12/h1-10H. The van der Waals surface area contributed by atoms with E-state index in [0.717, 1.165) is 10.8 Å². The SMILES string of the molecule is O=Cc1c(C=O)c2cccc3c(C=O)c(C=O)c4cccc1c4c23. The summed E-state index contributed by atoms with van der Waals surface area (Å²) in [5.41, 5.74) is 1.19. The van der Waals surface area contributed by atoms with E-state index in [0.29, 0.717) is 68.9 Å². The van der Waals surface area contributed by atoms with Crippen LogP contribution in [-0.2, 0) is 0 Å². The second-order valence-electron chi connectivity index (χ2n) is 5.58. The minimum atomic E-state index is 0.298. The Balaban J connectivity index is 2.52. The lowest BCUT2D eigenvalue weighted by Crippen LogP contribution is -2.02. The Morgan fingerprint density at radius 1 is 0.458 bits per heavy atom. The van der Waals surface area contributed by atoms with Gasteiger partial charge in [-0.25, -0.2) is 0 Å². The lowest BCUT2D eigenvalue weighted by molar-refractivity contribution is 0.109. The third kappa shape index (κ3) is 1.57. The molecular weight excluding hydrogens is 304 g/mol. The average molecular weight is 314 g/mol. The van der Waals surface area contributed by atoms with Crippen molar-refractivity contribution in [3.05, 3.63) is 58.7 Å². The number of carbonyl (C=O) groups excluding carboxylic acids is 4. The van der Waals surface area contributed by atoms with Gasteiger partial charge in [0.25, 0.3) is 0 Å². The third-order valence-electron chi connectivity index (χ3n) is 4.59. The maximum atomic E-state index is 11.6. The summed E-state index contributed by atoms with van der Waals surface area (Å²) >= 11 is 0. The van der Waals surface area contributed by atoms with Crippen molar-refractivity contribution < 1.29 is 19.2 Å². The predicted molar refractivity (Wildman–Crippen MR) is 91.7 cm³/mol. The van der Waals surface area contributed by atoms with E-state index in [2.05, 4.69) is 0 Å². The van der Waals surface area contributed by atoms with Crippen LogP contribution in [0.1, 0.15) is 41.4 Å². The van der Waals surface area contributed by atoms with Crippen LogP contribution in [0.4, 0.5) is 0 Å². The van der Waals surface area contributed by atoms with Gasteiger partial charge in [0.05, 0.1) is 0 Å². The Morgan fingerprint density at radius 3 is 0.917 bits per heavy atom. The molecule has 0 unspecified atom stereocenters. The van der Waals surface area contributed by atoms with E-state index in [1.807, 2.05) is 0 Å². The molecule has 4 heteroatoms. The molecule has 0 aliphatic carbocycles. The van der Waals surface area contributed by atoms with E-state index in [9.17, 15) is 19.2 Å². The van der Waals surface area contributed by atoms with Crippen molar-refractivity contribution in [2.75, 3.05) is 0 Å². The summed E-state index contributed by atoms with van der Waals surface area (Å²) in [5, 5.41) is 3.87. The van der Waals surface area contributed by atoms with E-state index < -0.39 is 0 Å². The highest BCUT2D eigenvalue weighted by atomic mass is 16.1. The van der Waals surface area contributed by atoms with Crippen LogP contribution in [0.25, 0.3) is 32.3 Å². The highest BCUT2D eigenvalue weighted by molar-refractivity contribution is 6.33. The first-order valence-electron chi connectivity index (χ1n) is 7.34. The van der Waals surface area contributed by atoms with E-state index in [1.54, 1.807) is 36.4 Å². The average Bonchev–Trinajstić information content (AvgIpc) is 2.64. The molecule has 4 rings (SSSR count). The maximum Gasteiger partial charge on any atom is 0.151 e. The molecule has 0 saturated heterocycles. The lowest BCUT2D eigenvalue weighted by Gasteiger charge is -2.17. The zero-order valence-corrected chi connectivity index (χ0v) is 12.4. The maximum absolute atomic E-state index is 11.6. The number of hydrogen-bond acceptors (Lipinski definition) is 4. The van der Waals surface area contributed by atoms with Gasteiger partial charge in [0.15, 0.2) is 25.1 Å². The summed E-state index contributed by atoms with van der Waals surface area (Å²) < 4.78 is 0. The number of hydrogen-bond donors (Lipinski definition) is 0. The molecule has 24 heavy (non-hydrogen) atoms. The second kappa shape index (κ2) is 5.06. The summed E-state index contributed by atoms with van der Waals surface area (Å²) in [6.45, 7) is 0. The zero-order valence-electron chi connectivity index (χ0n) is 12.4. The predicted octanol–water partition coefficient (Wildman–Crippen LogP) is 3.83. The Bertz CT molecular complexity index is 993. The van der Waals surface area contributed by atoms with Gasteiger partial charge in [-0.3, -0.25) is 19.2 Å². The van der Waals surface area contributed by atoms with Crippen molar-refractivity contribution in [1.82, 2.24) is 0 Å². The first kappa shape index (κ1) is 14.2. The monoisotopic (exact) mass is 314 g/mol. The molecule has 0 atom stereocenters. The van der Waals surface area contributed by atoms with Crippen molar-refractivity contribution in [3.8, 4) is 0 Å². The number of benzene rings is 4. The molecule has 0 saturated carbocycles. The summed E-state index contributed by atoms with van der Waals surface area (Å²) in [6.07, 6.45) is 2.64. The summed E-state index contributed by atoms with van der Waals surface area (Å²) in [5.74, 6) is 0. The lowest BCUT2D eigenvalue weighted by atomic mass is 9.84. The van der Waals surface area contributed by atoms with Crippen LogP contribution < -0.4 is 0 Å². The number of rotatable bonds is 4. The Hall–Kier alpha value is -3.40. The van der Waals surface area contributed by atoms with E-state index in [1.165, 1.54) is 0 Å². The van der Waals surface area contributed by atoms with E-state index in [4.69, 9.17) is 0 Å². The molecule has 0 aromatic heterocycles. The quantitative estimate of drug-likeness (QED) is 0.424. The van der Waals surface area contributed by atoms with Gasteiger partial charge in [-0.1, -0.05) is 36.4 Å². The van der Waals surface area contributed by atoms with Crippen molar-refractivity contribution in [2.45, 2.75) is 0 Å². The third-order valence-corrected chi connectivity index (χ3v) is 4.59. The van der Waals surface area contributed by atoms with Crippen molar-refractivity contribution in [1.29, 1.82) is 0 Å². The Kier molecular flexibility index (Phi) is 3.00. The second-order valence-corrected chi connectivity index (χ2v) is 5.58. The van der Waals surface area contributed by atoms with Crippen molar-refractivity contribution >= 4 is 57.5 Å². The van der Waals surface area contributed by atoms with Crippen LogP contribution in [0.2, 0.25) is 0 Å². The molecule has 4 aromatic carbocycles. The molecular formula is C20H10O4. The van der Waals surface area contributed by atoms with Gasteiger partial charge in [0.1, 0.15) is 0 Å². The fourth-order valence-electron chi connectivity index (χ4n) is 3.63. The van der Waals surface area contributed by atoms with Crippen LogP contribution in [0.15, 0.2) is 36.4 Å². The Morgan fingerprint density at radius 2 is 0.708 bits per heavy atom. The normalized spacial score (nSPS) is 11.2. The molecule has 0 aliphatic rings. The van der Waals surface area contributed by atoms with Gasteiger partial charge < -0.3 is 0 Å². The highest BCUT2D eigenvalue weighted by Gasteiger charge is 2.21. The molecule has 0 aliphatic heterocycles. The van der Waals surface area contributed by atoms with E-state index in [-0.39, 0.29) is 0 Å². The first-order valence-corrected chi connectivity index (χ1v) is 7.34. The van der Waals surface area contributed by atoms with Gasteiger partial charge in [-0.05, 0) is 32.3 Å². The number of aldehydes is 4. The molecule has 0 heterocycles. The van der Waals surface area contributed by atoms with Gasteiger partial charge >= 0.3 is 0 Å². The fourth-order valence-corrected chi connectivity index (χ4v) is 3.63. The van der Waals surface area contributed by atoms with Crippen LogP contribution in [0.3, 0.4) is 0 Å². The minimum Gasteiger partial charge on any atom is -0.298 e. The first-order chi connectivity index (χ1) is 11.8. The van der Waals surface area contributed by atoms with Gasteiger partial charge in [0, 0.05) is 22.3 Å². The number of carbonyl (C=O) groups is 4. The molecule has 0 bridgehead atoms. The van der Waals surface area contributed by atoms with Gasteiger partial charge in [-0.2, -0.15) is 0 Å². The fraction of sp³-hybridized carbons (Fsp3) is 0. The zero-order chi connectivity index (χ0) is 16.8. The smallest absolute Gasteiger partial charge is 0.151 e. The Labute approximate surface area is 136 Å². The summed E-state index contributed by atoms with van der Waals surface area (Å²) in [4.78, 5) is 46.5. The molecule has 0 fully saturated rings. The van der Waals surface area contributed by atoms with Crippen LogP contribution in [0.5, 0.6) is 0 Å². The molecule has 114 valence electrons. The highest BCUT2D eigenvalue weighted by Crippen LogP contribution is 2.41. The van der Waals surface area contributed by atoms with Crippen molar-refractivity contribution in [3.63, 3.8) is 0 Å². The molecule has 0 radical (unpaired) electrons. The molecule has 4 aromatic rings.